The minimum absolute atomic E-state index is 0.00607. The lowest BCUT2D eigenvalue weighted by molar-refractivity contribution is -0.124. The molecule has 0 aromatic heterocycles. The molecule has 0 radical (unpaired) electrons. The Bertz CT molecular complexity index is 870. The van der Waals surface area contributed by atoms with Gasteiger partial charge in [-0.25, -0.2) is 0 Å². The number of nitrogens with one attached hydrogen (secondary N) is 2. The third-order valence-corrected chi connectivity index (χ3v) is 5.51. The van der Waals surface area contributed by atoms with E-state index in [1.807, 2.05) is 44.3 Å². The van der Waals surface area contributed by atoms with Gasteiger partial charge in [-0.05, 0) is 55.5 Å². The van der Waals surface area contributed by atoms with Crippen molar-refractivity contribution >= 4 is 12.0 Å². The molecule has 0 saturated carbocycles. The van der Waals surface area contributed by atoms with Gasteiger partial charge in [0.1, 0.15) is 0 Å². The monoisotopic (exact) mass is 423 g/mol. The maximum absolute atomic E-state index is 12.5. The van der Waals surface area contributed by atoms with Crippen LogP contribution in [0.2, 0.25) is 0 Å². The number of rotatable bonds is 10. The van der Waals surface area contributed by atoms with Gasteiger partial charge in [-0.3, -0.25) is 15.6 Å². The first-order valence-electron chi connectivity index (χ1n) is 10.9. The summed E-state index contributed by atoms with van der Waals surface area (Å²) in [5.74, 6) is 1.36. The normalized spacial score (nSPS) is 18.3. The predicted octanol–water partition coefficient (Wildman–Crippen LogP) is 3.95. The Hall–Kier alpha value is -2.83. The first-order valence-corrected chi connectivity index (χ1v) is 10.9. The van der Waals surface area contributed by atoms with Gasteiger partial charge in [0.05, 0.1) is 13.7 Å². The number of ether oxygens (including phenoxy) is 2. The van der Waals surface area contributed by atoms with Gasteiger partial charge in [0.2, 0.25) is 5.91 Å². The van der Waals surface area contributed by atoms with E-state index >= 15 is 0 Å². The molecular weight excluding hydrogens is 390 g/mol. The van der Waals surface area contributed by atoms with E-state index in [1.54, 1.807) is 18.1 Å². The minimum atomic E-state index is -0.00607. The van der Waals surface area contributed by atoms with Gasteiger partial charge in [-0.15, -0.1) is 0 Å². The molecule has 31 heavy (non-hydrogen) atoms. The first-order chi connectivity index (χ1) is 15.1. The summed E-state index contributed by atoms with van der Waals surface area (Å²) >= 11 is 0. The Morgan fingerprint density at radius 1 is 1.16 bits per heavy atom. The Kier molecular flexibility index (Phi) is 8.50. The van der Waals surface area contributed by atoms with Crippen LogP contribution < -0.4 is 20.3 Å². The number of carbonyl (C=O) groups excluding carboxylic acids is 1. The third kappa shape index (κ3) is 6.57. The van der Waals surface area contributed by atoms with Crippen molar-refractivity contribution in [1.82, 2.24) is 15.8 Å². The van der Waals surface area contributed by atoms with E-state index in [2.05, 4.69) is 35.1 Å². The molecule has 1 fully saturated rings. The van der Waals surface area contributed by atoms with E-state index in [1.165, 1.54) is 5.56 Å². The predicted molar refractivity (Wildman–Crippen MR) is 124 cm³/mol. The van der Waals surface area contributed by atoms with E-state index in [0.717, 1.165) is 31.4 Å². The molecule has 1 aliphatic rings. The van der Waals surface area contributed by atoms with Crippen molar-refractivity contribution in [2.24, 2.45) is 0 Å². The van der Waals surface area contributed by atoms with Gasteiger partial charge in [-0.2, -0.15) is 0 Å². The number of nitrogens with zero attached hydrogens (tertiary/aromatic N) is 1. The van der Waals surface area contributed by atoms with Crippen molar-refractivity contribution in [2.75, 3.05) is 27.3 Å². The van der Waals surface area contributed by atoms with Gasteiger partial charge < -0.3 is 14.4 Å². The number of benzene rings is 2. The molecule has 3 rings (SSSR count). The van der Waals surface area contributed by atoms with Crippen molar-refractivity contribution in [3.05, 3.63) is 65.7 Å². The average Bonchev–Trinajstić information content (AvgIpc) is 3.27. The Morgan fingerprint density at radius 3 is 2.71 bits per heavy atom. The van der Waals surface area contributed by atoms with Crippen LogP contribution in [0.1, 0.15) is 43.4 Å². The fraction of sp³-hybridized carbons (Fsp3) is 0.400. The van der Waals surface area contributed by atoms with Crippen LogP contribution in [0.25, 0.3) is 6.08 Å². The van der Waals surface area contributed by atoms with E-state index < -0.39 is 0 Å². The second-order valence-corrected chi connectivity index (χ2v) is 7.76. The van der Waals surface area contributed by atoms with Gasteiger partial charge in [0.25, 0.3) is 0 Å². The molecule has 2 aromatic carbocycles. The highest BCUT2D eigenvalue weighted by atomic mass is 16.5. The number of hydrogen-bond acceptors (Lipinski definition) is 5. The van der Waals surface area contributed by atoms with E-state index in [9.17, 15) is 4.79 Å². The molecule has 1 aliphatic heterocycles. The number of carbonyl (C=O) groups is 1. The Labute approximate surface area is 185 Å². The lowest BCUT2D eigenvalue weighted by atomic mass is 10.00. The van der Waals surface area contributed by atoms with Crippen molar-refractivity contribution in [3.8, 4) is 11.5 Å². The molecule has 1 heterocycles. The topological polar surface area (TPSA) is 62.8 Å². The van der Waals surface area contributed by atoms with Crippen molar-refractivity contribution < 1.29 is 14.3 Å². The molecule has 2 atom stereocenters. The second-order valence-electron chi connectivity index (χ2n) is 7.76. The molecule has 6 nitrogen and oxygen atoms in total. The number of hydrazine groups is 1. The summed E-state index contributed by atoms with van der Waals surface area (Å²) in [5.41, 5.74) is 8.98. The maximum Gasteiger partial charge on any atom is 0.246 e. The molecule has 6 heteroatoms. The van der Waals surface area contributed by atoms with Crippen LogP contribution in [-0.2, 0) is 4.79 Å². The standard InChI is InChI=1S/C25H33N3O3/c1-4-31-24-17-19(12-14-23(24)30-3)13-15-25(29)28(2)16-8-11-21-18-22(27-26-21)20-9-6-5-7-10-20/h5-7,9-10,12-15,17,21-22,26-27H,4,8,11,16,18H2,1-3H3/b15-13+. The largest absolute Gasteiger partial charge is 0.493 e. The molecule has 1 amide bonds. The molecule has 2 aromatic rings. The summed E-state index contributed by atoms with van der Waals surface area (Å²) in [6, 6.07) is 16.9. The lowest BCUT2D eigenvalue weighted by Crippen LogP contribution is -2.32. The van der Waals surface area contributed by atoms with Crippen molar-refractivity contribution in [1.29, 1.82) is 0 Å². The first kappa shape index (κ1) is 22.8. The quantitative estimate of drug-likeness (QED) is 0.567. The fourth-order valence-corrected chi connectivity index (χ4v) is 3.76. The zero-order valence-electron chi connectivity index (χ0n) is 18.6. The Balaban J connectivity index is 1.43. The van der Waals surface area contributed by atoms with E-state index in [0.29, 0.717) is 30.2 Å². The number of amides is 1. The summed E-state index contributed by atoms with van der Waals surface area (Å²) in [6.07, 6.45) is 6.45. The SMILES string of the molecule is CCOc1cc(/C=C/C(=O)N(C)CCCC2CC(c3ccccc3)NN2)ccc1OC. The van der Waals surface area contributed by atoms with Crippen LogP contribution in [0, 0.1) is 0 Å². The summed E-state index contributed by atoms with van der Waals surface area (Å²) in [7, 11) is 3.46. The second kappa shape index (κ2) is 11.5. The zero-order chi connectivity index (χ0) is 22.1. The fourth-order valence-electron chi connectivity index (χ4n) is 3.76. The third-order valence-electron chi connectivity index (χ3n) is 5.51. The zero-order valence-corrected chi connectivity index (χ0v) is 18.6. The van der Waals surface area contributed by atoms with Crippen LogP contribution >= 0.6 is 0 Å². The number of hydrogen-bond donors (Lipinski definition) is 2. The average molecular weight is 424 g/mol. The molecule has 2 unspecified atom stereocenters. The van der Waals surface area contributed by atoms with Gasteiger partial charge in [0, 0.05) is 31.8 Å². The molecule has 2 N–H and O–H groups in total. The van der Waals surface area contributed by atoms with Gasteiger partial charge in [0.15, 0.2) is 11.5 Å². The highest BCUT2D eigenvalue weighted by Gasteiger charge is 2.24. The maximum atomic E-state index is 12.5. The highest BCUT2D eigenvalue weighted by Crippen LogP contribution is 2.28. The van der Waals surface area contributed by atoms with Crippen LogP contribution in [0.5, 0.6) is 11.5 Å². The van der Waals surface area contributed by atoms with Gasteiger partial charge in [-0.1, -0.05) is 36.4 Å². The van der Waals surface area contributed by atoms with E-state index in [4.69, 9.17) is 9.47 Å². The van der Waals surface area contributed by atoms with Crippen LogP contribution in [0.15, 0.2) is 54.6 Å². The smallest absolute Gasteiger partial charge is 0.246 e. The minimum Gasteiger partial charge on any atom is -0.493 e. The van der Waals surface area contributed by atoms with Crippen molar-refractivity contribution in [2.45, 2.75) is 38.3 Å². The Morgan fingerprint density at radius 2 is 1.97 bits per heavy atom. The summed E-state index contributed by atoms with van der Waals surface area (Å²) < 4.78 is 10.9. The van der Waals surface area contributed by atoms with Crippen molar-refractivity contribution in [3.63, 3.8) is 0 Å². The van der Waals surface area contributed by atoms with E-state index in [-0.39, 0.29) is 5.91 Å². The lowest BCUT2D eigenvalue weighted by Gasteiger charge is -2.16. The number of likely N-dealkylation sites (N-methyl/N-ethyl adjacent to an activating group) is 1. The van der Waals surface area contributed by atoms with Crippen LogP contribution in [0.3, 0.4) is 0 Å². The molecule has 1 saturated heterocycles. The summed E-state index contributed by atoms with van der Waals surface area (Å²) in [4.78, 5) is 14.2. The molecular formula is C25H33N3O3. The number of methoxy groups -OCH3 is 1. The molecule has 0 bridgehead atoms. The molecule has 0 spiro atoms. The summed E-state index contributed by atoms with van der Waals surface area (Å²) in [6.45, 7) is 3.21. The van der Waals surface area contributed by atoms with Crippen LogP contribution in [-0.4, -0.2) is 44.2 Å². The summed E-state index contributed by atoms with van der Waals surface area (Å²) in [5, 5.41) is 0. The van der Waals surface area contributed by atoms with Gasteiger partial charge >= 0.3 is 0 Å². The molecule has 0 aliphatic carbocycles. The molecule has 166 valence electrons. The highest BCUT2D eigenvalue weighted by molar-refractivity contribution is 5.91. The van der Waals surface area contributed by atoms with Crippen LogP contribution in [0.4, 0.5) is 0 Å².